The van der Waals surface area contributed by atoms with Crippen LogP contribution < -0.4 is 14.8 Å². The van der Waals surface area contributed by atoms with Gasteiger partial charge in [-0.05, 0) is 49.7 Å². The molecule has 1 unspecified atom stereocenters. The third-order valence-electron chi connectivity index (χ3n) is 3.61. The number of halogens is 1. The summed E-state index contributed by atoms with van der Waals surface area (Å²) in [5.41, 5.74) is 0.472. The Morgan fingerprint density at radius 2 is 1.81 bits per heavy atom. The van der Waals surface area contributed by atoms with E-state index in [9.17, 15) is 13.2 Å². The molecule has 140 valence electrons. The van der Waals surface area contributed by atoms with Crippen LogP contribution in [0.5, 0.6) is 5.75 Å². The van der Waals surface area contributed by atoms with Crippen molar-refractivity contribution in [1.82, 2.24) is 4.72 Å². The normalized spacial score (nSPS) is 12.4. The van der Waals surface area contributed by atoms with E-state index in [-0.39, 0.29) is 23.5 Å². The Labute approximate surface area is 158 Å². The maximum Gasteiger partial charge on any atom is 0.262 e. The van der Waals surface area contributed by atoms with Crippen molar-refractivity contribution in [3.05, 3.63) is 53.6 Å². The summed E-state index contributed by atoms with van der Waals surface area (Å²) in [5.74, 6) is 0.0418. The van der Waals surface area contributed by atoms with Gasteiger partial charge in [-0.3, -0.25) is 4.79 Å². The van der Waals surface area contributed by atoms with Gasteiger partial charge in [-0.2, -0.15) is 0 Å². The van der Waals surface area contributed by atoms with Gasteiger partial charge in [0.15, 0.2) is 6.61 Å². The number of amides is 1. The van der Waals surface area contributed by atoms with Gasteiger partial charge in [-0.25, -0.2) is 13.1 Å². The highest BCUT2D eigenvalue weighted by atomic mass is 35.5. The maximum absolute atomic E-state index is 12.2. The Kier molecular flexibility index (Phi) is 7.02. The van der Waals surface area contributed by atoms with Crippen molar-refractivity contribution in [2.24, 2.45) is 0 Å². The minimum atomic E-state index is -3.57. The molecule has 2 N–H and O–H groups in total. The summed E-state index contributed by atoms with van der Waals surface area (Å²) in [6.07, 6.45) is 0.693. The van der Waals surface area contributed by atoms with Crippen LogP contribution >= 0.6 is 11.6 Å². The van der Waals surface area contributed by atoms with Crippen LogP contribution in [0.3, 0.4) is 0 Å². The second kappa shape index (κ2) is 9.02. The van der Waals surface area contributed by atoms with E-state index in [1.165, 1.54) is 24.3 Å². The molecule has 0 saturated heterocycles. The zero-order valence-electron chi connectivity index (χ0n) is 14.5. The van der Waals surface area contributed by atoms with Gasteiger partial charge in [0.25, 0.3) is 5.91 Å². The number of hydrogen-bond donors (Lipinski definition) is 2. The third-order valence-corrected chi connectivity index (χ3v) is 5.53. The van der Waals surface area contributed by atoms with E-state index >= 15 is 0 Å². The highest BCUT2D eigenvalue weighted by molar-refractivity contribution is 7.89. The van der Waals surface area contributed by atoms with Crippen LogP contribution in [0.2, 0.25) is 5.02 Å². The van der Waals surface area contributed by atoms with Crippen molar-refractivity contribution in [1.29, 1.82) is 0 Å². The lowest BCUT2D eigenvalue weighted by Crippen LogP contribution is -2.31. The van der Waals surface area contributed by atoms with Gasteiger partial charge in [-0.15, -0.1) is 0 Å². The van der Waals surface area contributed by atoms with Gasteiger partial charge in [0.05, 0.1) is 9.92 Å². The van der Waals surface area contributed by atoms with Crippen LogP contribution in [-0.4, -0.2) is 27.0 Å². The fraction of sp³-hybridized carbons (Fsp3) is 0.278. The van der Waals surface area contributed by atoms with Crippen LogP contribution in [0, 0.1) is 0 Å². The molecule has 0 fully saturated rings. The molecule has 2 aromatic carbocycles. The molecular weight excluding hydrogens is 376 g/mol. The molecule has 0 spiro atoms. The minimum Gasteiger partial charge on any atom is -0.482 e. The van der Waals surface area contributed by atoms with E-state index in [2.05, 4.69) is 10.0 Å². The Bertz CT molecular complexity index is 854. The minimum absolute atomic E-state index is 0.142. The number of sulfonamides is 1. The summed E-state index contributed by atoms with van der Waals surface area (Å²) in [7, 11) is -3.57. The molecule has 0 heterocycles. The average molecular weight is 397 g/mol. The first-order chi connectivity index (χ1) is 12.3. The van der Waals surface area contributed by atoms with E-state index < -0.39 is 10.0 Å². The monoisotopic (exact) mass is 396 g/mol. The van der Waals surface area contributed by atoms with Gasteiger partial charge in [-0.1, -0.05) is 30.7 Å². The maximum atomic E-state index is 12.2. The molecule has 0 aliphatic heterocycles. The number of benzene rings is 2. The topological polar surface area (TPSA) is 84.5 Å². The lowest BCUT2D eigenvalue weighted by Gasteiger charge is -2.12. The summed E-state index contributed by atoms with van der Waals surface area (Å²) in [4.78, 5) is 12.1. The SMILES string of the molecule is CCC(C)NS(=O)(=O)c1ccc(NC(=O)COc2ccccc2Cl)cc1. The number of para-hydroxylation sites is 1. The molecule has 2 aromatic rings. The second-order valence-electron chi connectivity index (χ2n) is 5.72. The molecule has 0 aliphatic rings. The first kappa shape index (κ1) is 20.2. The Morgan fingerprint density at radius 3 is 2.42 bits per heavy atom. The van der Waals surface area contributed by atoms with Crippen LogP contribution in [0.25, 0.3) is 0 Å². The van der Waals surface area contributed by atoms with Crippen LogP contribution in [0.4, 0.5) is 5.69 Å². The van der Waals surface area contributed by atoms with E-state index in [0.29, 0.717) is 22.9 Å². The Hall–Kier alpha value is -2.09. The van der Waals surface area contributed by atoms with Crippen molar-refractivity contribution in [3.8, 4) is 5.75 Å². The van der Waals surface area contributed by atoms with E-state index in [1.807, 2.05) is 6.92 Å². The van der Waals surface area contributed by atoms with E-state index in [1.54, 1.807) is 31.2 Å². The van der Waals surface area contributed by atoms with Gasteiger partial charge >= 0.3 is 0 Å². The predicted octanol–water partition coefficient (Wildman–Crippen LogP) is 3.43. The average Bonchev–Trinajstić information content (AvgIpc) is 2.61. The molecular formula is C18H21ClN2O4S. The summed E-state index contributed by atoms with van der Waals surface area (Å²) >= 11 is 5.95. The molecule has 0 radical (unpaired) electrons. The quantitative estimate of drug-likeness (QED) is 0.715. The summed E-state index contributed by atoms with van der Waals surface area (Å²) < 4.78 is 32.3. The number of nitrogens with one attached hydrogen (secondary N) is 2. The molecule has 0 aromatic heterocycles. The number of carbonyl (C=O) groups excluding carboxylic acids is 1. The standard InChI is InChI=1S/C18H21ClN2O4S/c1-3-13(2)21-26(23,24)15-10-8-14(9-11-15)20-18(22)12-25-17-7-5-4-6-16(17)19/h4-11,13,21H,3,12H2,1-2H3,(H,20,22). The Morgan fingerprint density at radius 1 is 1.15 bits per heavy atom. The zero-order chi connectivity index (χ0) is 19.2. The molecule has 6 nitrogen and oxygen atoms in total. The molecule has 1 atom stereocenters. The number of anilines is 1. The summed E-state index contributed by atoms with van der Waals surface area (Å²) in [5, 5.41) is 3.06. The summed E-state index contributed by atoms with van der Waals surface area (Å²) in [6.45, 7) is 3.49. The van der Waals surface area contributed by atoms with Crippen molar-refractivity contribution in [2.75, 3.05) is 11.9 Å². The fourth-order valence-electron chi connectivity index (χ4n) is 2.04. The van der Waals surface area contributed by atoms with Gasteiger partial charge in [0, 0.05) is 11.7 Å². The first-order valence-electron chi connectivity index (χ1n) is 8.11. The lowest BCUT2D eigenvalue weighted by molar-refractivity contribution is -0.118. The smallest absolute Gasteiger partial charge is 0.262 e. The van der Waals surface area contributed by atoms with Crippen LogP contribution in [0.15, 0.2) is 53.4 Å². The summed E-state index contributed by atoms with van der Waals surface area (Å²) in [6, 6.07) is 12.6. The molecule has 0 aliphatic carbocycles. The number of rotatable bonds is 8. The predicted molar refractivity (Wildman–Crippen MR) is 102 cm³/mol. The number of hydrogen-bond acceptors (Lipinski definition) is 4. The highest BCUT2D eigenvalue weighted by Gasteiger charge is 2.16. The van der Waals surface area contributed by atoms with Gasteiger partial charge in [0.2, 0.25) is 10.0 Å². The fourth-order valence-corrected chi connectivity index (χ4v) is 3.55. The van der Waals surface area contributed by atoms with Gasteiger partial charge in [0.1, 0.15) is 5.75 Å². The molecule has 0 bridgehead atoms. The first-order valence-corrected chi connectivity index (χ1v) is 9.97. The van der Waals surface area contributed by atoms with Crippen molar-refractivity contribution in [3.63, 3.8) is 0 Å². The van der Waals surface area contributed by atoms with E-state index in [0.717, 1.165) is 0 Å². The van der Waals surface area contributed by atoms with E-state index in [4.69, 9.17) is 16.3 Å². The lowest BCUT2D eigenvalue weighted by atomic mass is 10.3. The highest BCUT2D eigenvalue weighted by Crippen LogP contribution is 2.23. The van der Waals surface area contributed by atoms with Crippen LogP contribution in [0.1, 0.15) is 20.3 Å². The largest absolute Gasteiger partial charge is 0.482 e. The second-order valence-corrected chi connectivity index (χ2v) is 7.84. The molecule has 1 amide bonds. The van der Waals surface area contributed by atoms with Gasteiger partial charge < -0.3 is 10.1 Å². The molecule has 2 rings (SSSR count). The van der Waals surface area contributed by atoms with Crippen molar-refractivity contribution >= 4 is 33.2 Å². The molecule has 26 heavy (non-hydrogen) atoms. The molecule has 8 heteroatoms. The number of carbonyl (C=O) groups is 1. The zero-order valence-corrected chi connectivity index (χ0v) is 16.1. The molecule has 0 saturated carbocycles. The Balaban J connectivity index is 1.94. The number of ether oxygens (including phenoxy) is 1. The van der Waals surface area contributed by atoms with Crippen LogP contribution in [-0.2, 0) is 14.8 Å². The van der Waals surface area contributed by atoms with Crippen molar-refractivity contribution in [2.45, 2.75) is 31.2 Å². The third kappa shape index (κ3) is 5.72. The van der Waals surface area contributed by atoms with Crippen molar-refractivity contribution < 1.29 is 17.9 Å².